The highest BCUT2D eigenvalue weighted by Gasteiger charge is 2.07. The first-order valence-electron chi connectivity index (χ1n) is 7.15. The number of anilines is 2. The molecule has 0 spiro atoms. The summed E-state index contributed by atoms with van der Waals surface area (Å²) in [4.78, 5) is 10.1. The molecule has 0 fully saturated rings. The van der Waals surface area contributed by atoms with Crippen LogP contribution in [0.3, 0.4) is 0 Å². The zero-order valence-corrected chi connectivity index (χ0v) is 13.5. The van der Waals surface area contributed by atoms with Crippen LogP contribution in [0.5, 0.6) is 5.88 Å². The SMILES string of the molecule is CCc1cnc(CNc2ccc(N)c(OCC(C)C)n2)s1. The molecule has 2 heterocycles. The molecule has 2 aromatic rings. The lowest BCUT2D eigenvalue weighted by atomic mass is 10.2. The summed E-state index contributed by atoms with van der Waals surface area (Å²) in [6.07, 6.45) is 2.94. The average molecular weight is 306 g/mol. The second kappa shape index (κ2) is 7.26. The predicted octanol–water partition coefficient (Wildman–Crippen LogP) is 3.33. The molecule has 21 heavy (non-hydrogen) atoms. The molecular weight excluding hydrogens is 284 g/mol. The smallest absolute Gasteiger partial charge is 0.239 e. The standard InChI is InChI=1S/C15H22N4OS/c1-4-11-7-18-14(21-11)8-17-13-6-5-12(16)15(19-13)20-9-10(2)3/h5-7,10H,4,8-9,16H2,1-3H3,(H,17,19). The Hall–Kier alpha value is -1.82. The lowest BCUT2D eigenvalue weighted by Crippen LogP contribution is -2.09. The van der Waals surface area contributed by atoms with Crippen LogP contribution < -0.4 is 15.8 Å². The number of nitrogens with one attached hydrogen (secondary N) is 1. The van der Waals surface area contributed by atoms with E-state index < -0.39 is 0 Å². The molecule has 0 saturated heterocycles. The van der Waals surface area contributed by atoms with Gasteiger partial charge < -0.3 is 15.8 Å². The van der Waals surface area contributed by atoms with Crippen LogP contribution in [-0.2, 0) is 13.0 Å². The van der Waals surface area contributed by atoms with Gasteiger partial charge in [0, 0.05) is 11.1 Å². The summed E-state index contributed by atoms with van der Waals surface area (Å²) < 4.78 is 5.62. The Bertz CT molecular complexity index is 583. The van der Waals surface area contributed by atoms with Gasteiger partial charge in [-0.15, -0.1) is 11.3 Å². The molecule has 6 heteroatoms. The van der Waals surface area contributed by atoms with Crippen molar-refractivity contribution in [3.63, 3.8) is 0 Å². The third kappa shape index (κ3) is 4.60. The number of aromatic nitrogens is 2. The van der Waals surface area contributed by atoms with Crippen molar-refractivity contribution in [3.05, 3.63) is 28.2 Å². The summed E-state index contributed by atoms with van der Waals surface area (Å²) >= 11 is 1.72. The summed E-state index contributed by atoms with van der Waals surface area (Å²) in [5, 5.41) is 4.31. The fraction of sp³-hybridized carbons (Fsp3) is 0.467. The number of nitrogens with two attached hydrogens (primary N) is 1. The molecule has 0 atom stereocenters. The van der Waals surface area contributed by atoms with Crippen molar-refractivity contribution in [1.29, 1.82) is 0 Å². The summed E-state index contributed by atoms with van der Waals surface area (Å²) in [5.74, 6) is 1.67. The highest BCUT2D eigenvalue weighted by atomic mass is 32.1. The summed E-state index contributed by atoms with van der Waals surface area (Å²) in [6.45, 7) is 7.57. The minimum atomic E-state index is 0.436. The molecular formula is C15H22N4OS. The van der Waals surface area contributed by atoms with Crippen molar-refractivity contribution in [3.8, 4) is 5.88 Å². The van der Waals surface area contributed by atoms with Crippen LogP contribution in [0.1, 0.15) is 30.7 Å². The van der Waals surface area contributed by atoms with E-state index in [9.17, 15) is 0 Å². The average Bonchev–Trinajstić information content (AvgIpc) is 2.93. The van der Waals surface area contributed by atoms with E-state index in [0.717, 1.165) is 17.2 Å². The van der Waals surface area contributed by atoms with Crippen molar-refractivity contribution in [2.75, 3.05) is 17.7 Å². The molecule has 114 valence electrons. The Morgan fingerprint density at radius 3 is 2.86 bits per heavy atom. The number of nitrogens with zero attached hydrogens (tertiary/aromatic N) is 2. The van der Waals surface area contributed by atoms with Gasteiger partial charge in [-0.25, -0.2) is 4.98 Å². The zero-order valence-electron chi connectivity index (χ0n) is 12.7. The van der Waals surface area contributed by atoms with Crippen molar-refractivity contribution in [1.82, 2.24) is 9.97 Å². The largest absolute Gasteiger partial charge is 0.476 e. The topological polar surface area (TPSA) is 73.1 Å². The summed E-state index contributed by atoms with van der Waals surface area (Å²) in [7, 11) is 0. The summed E-state index contributed by atoms with van der Waals surface area (Å²) in [5.41, 5.74) is 6.44. The Balaban J connectivity index is 1.98. The van der Waals surface area contributed by atoms with Gasteiger partial charge >= 0.3 is 0 Å². The van der Waals surface area contributed by atoms with Crippen molar-refractivity contribution in [2.24, 2.45) is 5.92 Å². The van der Waals surface area contributed by atoms with E-state index >= 15 is 0 Å². The first-order chi connectivity index (χ1) is 10.1. The van der Waals surface area contributed by atoms with Gasteiger partial charge in [-0.2, -0.15) is 4.98 Å². The van der Waals surface area contributed by atoms with E-state index in [2.05, 4.69) is 36.1 Å². The molecule has 2 aromatic heterocycles. The van der Waals surface area contributed by atoms with Gasteiger partial charge in [-0.05, 0) is 24.5 Å². The molecule has 0 amide bonds. The Morgan fingerprint density at radius 1 is 1.38 bits per heavy atom. The maximum atomic E-state index is 5.88. The quantitative estimate of drug-likeness (QED) is 0.821. The van der Waals surface area contributed by atoms with Gasteiger partial charge in [0.1, 0.15) is 10.8 Å². The van der Waals surface area contributed by atoms with Crippen LogP contribution >= 0.6 is 11.3 Å². The van der Waals surface area contributed by atoms with E-state index in [1.165, 1.54) is 4.88 Å². The number of hydrogen-bond acceptors (Lipinski definition) is 6. The molecule has 0 unspecified atom stereocenters. The molecule has 0 aliphatic rings. The highest BCUT2D eigenvalue weighted by Crippen LogP contribution is 2.22. The molecule has 2 rings (SSSR count). The number of pyridine rings is 1. The lowest BCUT2D eigenvalue weighted by Gasteiger charge is -2.11. The maximum Gasteiger partial charge on any atom is 0.239 e. The zero-order chi connectivity index (χ0) is 15.2. The fourth-order valence-corrected chi connectivity index (χ4v) is 2.47. The summed E-state index contributed by atoms with van der Waals surface area (Å²) in [6, 6.07) is 3.66. The van der Waals surface area contributed by atoms with Gasteiger partial charge in [0.15, 0.2) is 0 Å². The van der Waals surface area contributed by atoms with E-state index in [1.54, 1.807) is 11.3 Å². The molecule has 5 nitrogen and oxygen atoms in total. The molecule has 3 N–H and O–H groups in total. The number of ether oxygens (including phenoxy) is 1. The molecule has 0 aliphatic heterocycles. The monoisotopic (exact) mass is 306 g/mol. The van der Waals surface area contributed by atoms with Crippen molar-refractivity contribution in [2.45, 2.75) is 33.7 Å². The van der Waals surface area contributed by atoms with E-state index in [4.69, 9.17) is 10.5 Å². The number of hydrogen-bond donors (Lipinski definition) is 2. The Kier molecular flexibility index (Phi) is 5.38. The van der Waals surface area contributed by atoms with Gasteiger partial charge in [0.05, 0.1) is 18.8 Å². The minimum absolute atomic E-state index is 0.436. The van der Waals surface area contributed by atoms with E-state index in [0.29, 0.717) is 30.6 Å². The van der Waals surface area contributed by atoms with Crippen LogP contribution in [-0.4, -0.2) is 16.6 Å². The predicted molar refractivity (Wildman–Crippen MR) is 87.8 cm³/mol. The highest BCUT2D eigenvalue weighted by molar-refractivity contribution is 7.11. The van der Waals surface area contributed by atoms with Crippen LogP contribution in [0.25, 0.3) is 0 Å². The van der Waals surface area contributed by atoms with Crippen LogP contribution in [0.4, 0.5) is 11.5 Å². The fourth-order valence-electron chi connectivity index (χ4n) is 1.67. The van der Waals surface area contributed by atoms with Gasteiger partial charge in [0.25, 0.3) is 0 Å². The van der Waals surface area contributed by atoms with E-state index in [-0.39, 0.29) is 0 Å². The van der Waals surface area contributed by atoms with Gasteiger partial charge in [0.2, 0.25) is 5.88 Å². The number of nitrogen functional groups attached to an aromatic ring is 1. The second-order valence-electron chi connectivity index (χ2n) is 5.22. The van der Waals surface area contributed by atoms with Crippen molar-refractivity contribution >= 4 is 22.8 Å². The van der Waals surface area contributed by atoms with Gasteiger partial charge in [-0.1, -0.05) is 20.8 Å². The lowest BCUT2D eigenvalue weighted by molar-refractivity contribution is 0.263. The maximum absolute atomic E-state index is 5.88. The number of rotatable bonds is 7. The Morgan fingerprint density at radius 2 is 2.19 bits per heavy atom. The molecule has 0 aliphatic carbocycles. The third-order valence-electron chi connectivity index (χ3n) is 2.81. The normalized spacial score (nSPS) is 10.9. The van der Waals surface area contributed by atoms with Crippen LogP contribution in [0.15, 0.2) is 18.3 Å². The number of thiazole rings is 1. The van der Waals surface area contributed by atoms with Crippen molar-refractivity contribution < 1.29 is 4.74 Å². The first kappa shape index (κ1) is 15.6. The van der Waals surface area contributed by atoms with Gasteiger partial charge in [-0.3, -0.25) is 0 Å². The Labute approximate surface area is 129 Å². The van der Waals surface area contributed by atoms with Crippen LogP contribution in [0.2, 0.25) is 0 Å². The number of aryl methyl sites for hydroxylation is 1. The minimum Gasteiger partial charge on any atom is -0.476 e. The molecule has 0 radical (unpaired) electrons. The van der Waals surface area contributed by atoms with E-state index in [1.807, 2.05) is 18.3 Å². The molecule has 0 bridgehead atoms. The second-order valence-corrected chi connectivity index (χ2v) is 6.42. The first-order valence-corrected chi connectivity index (χ1v) is 7.97. The third-order valence-corrected chi connectivity index (χ3v) is 3.96. The molecule has 0 saturated carbocycles. The van der Waals surface area contributed by atoms with Crippen LogP contribution in [0, 0.1) is 5.92 Å². The molecule has 0 aromatic carbocycles.